The minimum atomic E-state index is -0.791. The zero-order valence-corrected chi connectivity index (χ0v) is 14.5. The quantitative estimate of drug-likeness (QED) is 0.466. The molecule has 0 spiro atoms. The minimum absolute atomic E-state index is 0.0458. The molecule has 4 aromatic rings. The van der Waals surface area contributed by atoms with Crippen LogP contribution in [0.1, 0.15) is 15.2 Å². The molecular weight excluding hydrogens is 368 g/mol. The van der Waals surface area contributed by atoms with Crippen molar-refractivity contribution < 1.29 is 24.5 Å². The Morgan fingerprint density at radius 1 is 0.963 bits per heavy atom. The van der Waals surface area contributed by atoms with Crippen molar-refractivity contribution in [2.24, 2.45) is 0 Å². The first-order chi connectivity index (χ1) is 13.0. The average Bonchev–Trinajstić information content (AvgIpc) is 3.14. The molecule has 0 saturated carbocycles. The van der Waals surface area contributed by atoms with Crippen LogP contribution in [0.3, 0.4) is 0 Å². The fraction of sp³-hybridized carbons (Fsp3) is 0. The summed E-state index contributed by atoms with van der Waals surface area (Å²) in [6, 6.07) is 11.2. The third kappa shape index (κ3) is 2.84. The molecule has 0 aliphatic rings. The Morgan fingerprint density at radius 3 is 2.48 bits per heavy atom. The van der Waals surface area contributed by atoms with E-state index in [-0.39, 0.29) is 45.3 Å². The van der Waals surface area contributed by atoms with Gasteiger partial charge in [-0.25, -0.2) is 4.79 Å². The maximum atomic E-state index is 13.0. The largest absolute Gasteiger partial charge is 0.508 e. The molecule has 0 amide bonds. The van der Waals surface area contributed by atoms with Crippen molar-refractivity contribution in [1.29, 1.82) is 0 Å². The number of aromatic hydroxyl groups is 3. The number of thiophene rings is 1. The molecular formula is C20H12O6S. The Kier molecular flexibility index (Phi) is 3.93. The molecule has 0 fully saturated rings. The van der Waals surface area contributed by atoms with E-state index in [2.05, 4.69) is 0 Å². The maximum Gasteiger partial charge on any atom is 0.339 e. The predicted octanol–water partition coefficient (Wildman–Crippen LogP) is 3.87. The van der Waals surface area contributed by atoms with Crippen LogP contribution in [0.25, 0.3) is 22.1 Å². The first-order valence-corrected chi connectivity index (χ1v) is 8.74. The molecule has 6 nitrogen and oxygen atoms in total. The van der Waals surface area contributed by atoms with Gasteiger partial charge in [0.25, 0.3) is 0 Å². The van der Waals surface area contributed by atoms with Gasteiger partial charge in [0.15, 0.2) is 0 Å². The molecule has 0 aliphatic carbocycles. The van der Waals surface area contributed by atoms with Gasteiger partial charge < -0.3 is 19.7 Å². The van der Waals surface area contributed by atoms with Crippen molar-refractivity contribution in [3.8, 4) is 28.6 Å². The van der Waals surface area contributed by atoms with Gasteiger partial charge in [-0.1, -0.05) is 18.2 Å². The molecule has 2 aromatic carbocycles. The van der Waals surface area contributed by atoms with E-state index in [1.165, 1.54) is 29.5 Å². The second-order valence-corrected chi connectivity index (χ2v) is 6.77. The van der Waals surface area contributed by atoms with Gasteiger partial charge in [0, 0.05) is 22.6 Å². The SMILES string of the molecule is O=C(c1cccs1)c1cc(O)c2c(O)cccc2c1-c1cc(O)cc(=O)o1. The van der Waals surface area contributed by atoms with E-state index in [1.807, 2.05) is 0 Å². The van der Waals surface area contributed by atoms with Crippen molar-refractivity contribution in [1.82, 2.24) is 0 Å². The molecule has 0 bridgehead atoms. The molecule has 27 heavy (non-hydrogen) atoms. The zero-order chi connectivity index (χ0) is 19.1. The van der Waals surface area contributed by atoms with Gasteiger partial charge in [-0.15, -0.1) is 11.3 Å². The number of phenolic OH excluding ortho intramolecular Hbond substituents is 2. The highest BCUT2D eigenvalue weighted by atomic mass is 32.1. The van der Waals surface area contributed by atoms with Crippen LogP contribution in [0, 0.1) is 0 Å². The molecule has 2 aromatic heterocycles. The van der Waals surface area contributed by atoms with Gasteiger partial charge in [-0.3, -0.25) is 4.79 Å². The Balaban J connectivity index is 2.14. The lowest BCUT2D eigenvalue weighted by atomic mass is 9.92. The van der Waals surface area contributed by atoms with Crippen LogP contribution in [-0.4, -0.2) is 21.1 Å². The van der Waals surface area contributed by atoms with Crippen LogP contribution in [0.4, 0.5) is 0 Å². The number of hydrogen-bond donors (Lipinski definition) is 3. The smallest absolute Gasteiger partial charge is 0.339 e. The lowest BCUT2D eigenvalue weighted by molar-refractivity contribution is 0.104. The van der Waals surface area contributed by atoms with Crippen molar-refractivity contribution in [3.05, 3.63) is 74.8 Å². The molecule has 4 rings (SSSR count). The lowest BCUT2D eigenvalue weighted by Crippen LogP contribution is -2.04. The van der Waals surface area contributed by atoms with Gasteiger partial charge >= 0.3 is 5.63 Å². The standard InChI is InChI=1S/C20H12O6S/c21-10-7-15(26-17(24)8-10)18-11-3-1-4-13(22)19(11)14(23)9-12(18)20(25)16-5-2-6-27-16/h1-9,21-23H. The summed E-state index contributed by atoms with van der Waals surface area (Å²) < 4.78 is 5.21. The maximum absolute atomic E-state index is 13.0. The van der Waals surface area contributed by atoms with Gasteiger partial charge in [0.05, 0.1) is 16.3 Å². The molecule has 7 heteroatoms. The summed E-state index contributed by atoms with van der Waals surface area (Å²) in [5.74, 6) is -1.22. The van der Waals surface area contributed by atoms with E-state index in [4.69, 9.17) is 4.42 Å². The van der Waals surface area contributed by atoms with Crippen molar-refractivity contribution in [3.63, 3.8) is 0 Å². The summed E-state index contributed by atoms with van der Waals surface area (Å²) in [6.07, 6.45) is 0. The number of phenols is 2. The summed E-state index contributed by atoms with van der Waals surface area (Å²) in [5.41, 5.74) is -0.507. The first-order valence-electron chi connectivity index (χ1n) is 7.86. The van der Waals surface area contributed by atoms with Crippen molar-refractivity contribution >= 4 is 27.9 Å². The van der Waals surface area contributed by atoms with Crippen molar-refractivity contribution in [2.45, 2.75) is 0 Å². The van der Waals surface area contributed by atoms with Gasteiger partial charge in [-0.05, 0) is 23.6 Å². The van der Waals surface area contributed by atoms with Gasteiger partial charge in [-0.2, -0.15) is 0 Å². The monoisotopic (exact) mass is 380 g/mol. The Bertz CT molecular complexity index is 1240. The Morgan fingerprint density at radius 2 is 1.78 bits per heavy atom. The van der Waals surface area contributed by atoms with E-state index in [1.54, 1.807) is 29.6 Å². The number of ketones is 1. The molecule has 0 saturated heterocycles. The number of rotatable bonds is 3. The second-order valence-electron chi connectivity index (χ2n) is 5.82. The normalized spacial score (nSPS) is 11.0. The number of benzene rings is 2. The van der Waals surface area contributed by atoms with E-state index in [0.717, 1.165) is 6.07 Å². The number of carbonyl (C=O) groups excluding carboxylic acids is 1. The molecule has 0 radical (unpaired) electrons. The van der Waals surface area contributed by atoms with Crippen LogP contribution in [0.2, 0.25) is 0 Å². The molecule has 0 atom stereocenters. The van der Waals surface area contributed by atoms with Crippen LogP contribution in [-0.2, 0) is 0 Å². The van der Waals surface area contributed by atoms with Crippen LogP contribution < -0.4 is 5.63 Å². The fourth-order valence-electron chi connectivity index (χ4n) is 3.02. The summed E-state index contributed by atoms with van der Waals surface area (Å²) in [4.78, 5) is 25.2. The number of carbonyl (C=O) groups is 1. The summed E-state index contributed by atoms with van der Waals surface area (Å²) in [6.45, 7) is 0. The van der Waals surface area contributed by atoms with Crippen molar-refractivity contribution in [2.75, 3.05) is 0 Å². The number of fused-ring (bicyclic) bond motifs is 1. The average molecular weight is 380 g/mol. The molecule has 134 valence electrons. The highest BCUT2D eigenvalue weighted by Gasteiger charge is 2.23. The summed E-state index contributed by atoms with van der Waals surface area (Å²) in [5, 5.41) is 32.5. The fourth-order valence-corrected chi connectivity index (χ4v) is 3.69. The highest BCUT2D eigenvalue weighted by molar-refractivity contribution is 7.12. The van der Waals surface area contributed by atoms with E-state index < -0.39 is 5.63 Å². The van der Waals surface area contributed by atoms with Crippen LogP contribution in [0.15, 0.2) is 63.1 Å². The molecule has 3 N–H and O–H groups in total. The first kappa shape index (κ1) is 16.9. The van der Waals surface area contributed by atoms with E-state index >= 15 is 0 Å². The second kappa shape index (κ2) is 6.30. The van der Waals surface area contributed by atoms with Crippen LogP contribution >= 0.6 is 11.3 Å². The number of hydrogen-bond acceptors (Lipinski definition) is 7. The van der Waals surface area contributed by atoms with Gasteiger partial charge in [0.1, 0.15) is 23.0 Å². The Hall–Kier alpha value is -3.58. The minimum Gasteiger partial charge on any atom is -0.508 e. The topological polar surface area (TPSA) is 108 Å². The third-order valence-electron chi connectivity index (χ3n) is 4.11. The third-order valence-corrected chi connectivity index (χ3v) is 4.98. The van der Waals surface area contributed by atoms with Crippen LogP contribution in [0.5, 0.6) is 17.2 Å². The zero-order valence-electron chi connectivity index (χ0n) is 13.7. The summed E-state index contributed by atoms with van der Waals surface area (Å²) >= 11 is 1.23. The molecule has 2 heterocycles. The highest BCUT2D eigenvalue weighted by Crippen LogP contribution is 2.42. The molecule has 0 unspecified atom stereocenters. The molecule has 0 aliphatic heterocycles. The predicted molar refractivity (Wildman–Crippen MR) is 101 cm³/mol. The van der Waals surface area contributed by atoms with Gasteiger partial charge in [0.2, 0.25) is 5.78 Å². The van der Waals surface area contributed by atoms with E-state index in [9.17, 15) is 24.9 Å². The lowest BCUT2D eigenvalue weighted by Gasteiger charge is -2.14. The summed E-state index contributed by atoms with van der Waals surface area (Å²) in [7, 11) is 0. The Labute approximate surface area is 156 Å². The van der Waals surface area contributed by atoms with E-state index in [0.29, 0.717) is 10.3 Å².